The van der Waals surface area contributed by atoms with Crippen LogP contribution in [0.25, 0.3) is 11.5 Å². The fourth-order valence-corrected chi connectivity index (χ4v) is 3.78. The molecular weight excluding hydrogens is 426 g/mol. The molecule has 0 bridgehead atoms. The first-order valence-electron chi connectivity index (χ1n) is 9.17. The molecule has 0 aliphatic rings. The predicted molar refractivity (Wildman–Crippen MR) is 112 cm³/mol. The molecule has 0 amide bonds. The summed E-state index contributed by atoms with van der Waals surface area (Å²) in [5.41, 5.74) is 0.775. The van der Waals surface area contributed by atoms with Crippen LogP contribution in [0.1, 0.15) is 18.6 Å². The van der Waals surface area contributed by atoms with Crippen molar-refractivity contribution >= 4 is 23.4 Å². The zero-order valence-corrected chi connectivity index (χ0v) is 17.6. The van der Waals surface area contributed by atoms with E-state index in [4.69, 9.17) is 20.9 Å². The molecule has 0 spiro atoms. The third kappa shape index (κ3) is 4.74. The summed E-state index contributed by atoms with van der Waals surface area (Å²) in [6, 6.07) is 13.8. The predicted octanol–water partition coefficient (Wildman–Crippen LogP) is 4.58. The summed E-state index contributed by atoms with van der Waals surface area (Å²) in [6.07, 6.45) is 0. The SMILES string of the molecule is CCn1c(COc2ccc(O)cc2)nnc1SCc1noc(-c2cccc(Cl)c2)n1. The van der Waals surface area contributed by atoms with Crippen LogP contribution in [-0.2, 0) is 18.9 Å². The van der Waals surface area contributed by atoms with Gasteiger partial charge in [0.15, 0.2) is 16.8 Å². The Balaban J connectivity index is 1.40. The fourth-order valence-electron chi connectivity index (χ4n) is 2.72. The standard InChI is InChI=1S/C20H18ClN5O3S/c1-2-26-18(11-28-16-8-6-15(27)7-9-16)23-24-20(26)30-12-17-22-19(29-25-17)13-4-3-5-14(21)10-13/h3-10,27H,2,11-12H2,1H3. The van der Waals surface area contributed by atoms with Crippen molar-refractivity contribution in [3.05, 3.63) is 65.2 Å². The Kier molecular flexibility index (Phi) is 6.20. The highest BCUT2D eigenvalue weighted by Crippen LogP contribution is 2.25. The van der Waals surface area contributed by atoms with Gasteiger partial charge in [-0.25, -0.2) is 0 Å². The van der Waals surface area contributed by atoms with Crippen molar-refractivity contribution in [2.75, 3.05) is 0 Å². The zero-order chi connectivity index (χ0) is 20.9. The van der Waals surface area contributed by atoms with Gasteiger partial charge in [-0.1, -0.05) is 34.6 Å². The molecule has 8 nitrogen and oxygen atoms in total. The van der Waals surface area contributed by atoms with Gasteiger partial charge < -0.3 is 18.9 Å². The first-order valence-corrected chi connectivity index (χ1v) is 10.5. The first kappa shape index (κ1) is 20.2. The summed E-state index contributed by atoms with van der Waals surface area (Å²) >= 11 is 7.49. The van der Waals surface area contributed by atoms with E-state index in [0.717, 1.165) is 10.7 Å². The number of halogens is 1. The summed E-state index contributed by atoms with van der Waals surface area (Å²) in [6.45, 7) is 2.99. The maximum absolute atomic E-state index is 9.35. The Bertz CT molecular complexity index is 1130. The van der Waals surface area contributed by atoms with Crippen molar-refractivity contribution in [2.24, 2.45) is 0 Å². The van der Waals surface area contributed by atoms with Crippen molar-refractivity contribution < 1.29 is 14.4 Å². The molecule has 4 rings (SSSR count). The Morgan fingerprint density at radius 2 is 2.00 bits per heavy atom. The van der Waals surface area contributed by atoms with Crippen LogP contribution in [0.15, 0.2) is 58.2 Å². The Morgan fingerprint density at radius 1 is 1.17 bits per heavy atom. The van der Waals surface area contributed by atoms with Crippen LogP contribution >= 0.6 is 23.4 Å². The number of rotatable bonds is 8. The molecule has 2 aromatic heterocycles. The highest BCUT2D eigenvalue weighted by molar-refractivity contribution is 7.98. The molecule has 4 aromatic rings. The second-order valence-electron chi connectivity index (χ2n) is 6.24. The van der Waals surface area contributed by atoms with E-state index in [-0.39, 0.29) is 12.4 Å². The lowest BCUT2D eigenvalue weighted by atomic mass is 10.2. The summed E-state index contributed by atoms with van der Waals surface area (Å²) in [5, 5.41) is 23.2. The molecule has 2 aromatic carbocycles. The van der Waals surface area contributed by atoms with Crippen molar-refractivity contribution in [1.82, 2.24) is 24.9 Å². The molecule has 10 heteroatoms. The van der Waals surface area contributed by atoms with Crippen LogP contribution in [0.3, 0.4) is 0 Å². The number of benzene rings is 2. The molecule has 0 radical (unpaired) electrons. The minimum absolute atomic E-state index is 0.192. The minimum atomic E-state index is 0.192. The summed E-state index contributed by atoms with van der Waals surface area (Å²) < 4.78 is 13.0. The monoisotopic (exact) mass is 443 g/mol. The average Bonchev–Trinajstić information content (AvgIpc) is 3.38. The average molecular weight is 444 g/mol. The third-order valence-corrected chi connectivity index (χ3v) is 5.38. The smallest absolute Gasteiger partial charge is 0.258 e. The van der Waals surface area contributed by atoms with E-state index in [1.165, 1.54) is 11.8 Å². The maximum atomic E-state index is 9.35. The number of phenols is 1. The number of thioether (sulfide) groups is 1. The Hall–Kier alpha value is -3.04. The van der Waals surface area contributed by atoms with E-state index >= 15 is 0 Å². The van der Waals surface area contributed by atoms with Gasteiger partial charge in [0.2, 0.25) is 0 Å². The number of aromatic hydroxyl groups is 1. The molecule has 0 aliphatic heterocycles. The number of hydrogen-bond donors (Lipinski definition) is 1. The van der Waals surface area contributed by atoms with Crippen LogP contribution in [-0.4, -0.2) is 30.0 Å². The van der Waals surface area contributed by atoms with Crippen molar-refractivity contribution in [2.45, 2.75) is 31.0 Å². The van der Waals surface area contributed by atoms with Crippen molar-refractivity contribution in [1.29, 1.82) is 0 Å². The van der Waals surface area contributed by atoms with Crippen LogP contribution in [0.5, 0.6) is 11.5 Å². The molecule has 154 valence electrons. The summed E-state index contributed by atoms with van der Waals surface area (Å²) in [7, 11) is 0. The van der Waals surface area contributed by atoms with Gasteiger partial charge in [0, 0.05) is 17.1 Å². The van der Waals surface area contributed by atoms with Crippen molar-refractivity contribution in [3.8, 4) is 23.0 Å². The molecule has 0 atom stereocenters. The summed E-state index contributed by atoms with van der Waals surface area (Å²) in [4.78, 5) is 4.42. The number of hydrogen-bond acceptors (Lipinski definition) is 8. The molecular formula is C20H18ClN5O3S. The first-order chi connectivity index (χ1) is 14.6. The molecule has 2 heterocycles. The molecule has 0 fully saturated rings. The van der Waals surface area contributed by atoms with Crippen LogP contribution in [0.4, 0.5) is 0 Å². The Labute approximate surface area is 181 Å². The number of ether oxygens (including phenoxy) is 1. The van der Waals surface area contributed by atoms with E-state index in [1.807, 2.05) is 23.6 Å². The molecule has 0 aliphatic carbocycles. The topological polar surface area (TPSA) is 99.1 Å². The largest absolute Gasteiger partial charge is 0.508 e. The molecule has 0 saturated heterocycles. The lowest BCUT2D eigenvalue weighted by Crippen LogP contribution is -2.07. The van der Waals surface area contributed by atoms with E-state index in [9.17, 15) is 5.11 Å². The number of nitrogens with zero attached hydrogens (tertiary/aromatic N) is 5. The fraction of sp³-hybridized carbons (Fsp3) is 0.200. The second-order valence-corrected chi connectivity index (χ2v) is 7.62. The summed E-state index contributed by atoms with van der Waals surface area (Å²) in [5.74, 6) is 3.02. The van der Waals surface area contributed by atoms with Crippen LogP contribution < -0.4 is 4.74 Å². The van der Waals surface area contributed by atoms with Crippen LogP contribution in [0.2, 0.25) is 5.02 Å². The second kappa shape index (κ2) is 9.19. The van der Waals surface area contributed by atoms with Gasteiger partial charge >= 0.3 is 0 Å². The molecule has 30 heavy (non-hydrogen) atoms. The van der Waals surface area contributed by atoms with Crippen LogP contribution in [0, 0.1) is 0 Å². The minimum Gasteiger partial charge on any atom is -0.508 e. The van der Waals surface area contributed by atoms with Gasteiger partial charge in [0.1, 0.15) is 18.1 Å². The van der Waals surface area contributed by atoms with E-state index in [1.54, 1.807) is 36.4 Å². The highest BCUT2D eigenvalue weighted by atomic mass is 35.5. The van der Waals surface area contributed by atoms with Gasteiger partial charge in [-0.2, -0.15) is 4.98 Å². The van der Waals surface area contributed by atoms with E-state index in [0.29, 0.717) is 40.6 Å². The van der Waals surface area contributed by atoms with E-state index < -0.39 is 0 Å². The maximum Gasteiger partial charge on any atom is 0.258 e. The van der Waals surface area contributed by atoms with Gasteiger partial charge in [-0.3, -0.25) is 0 Å². The van der Waals surface area contributed by atoms with Gasteiger partial charge in [0.05, 0.1) is 5.75 Å². The molecule has 0 unspecified atom stereocenters. The van der Waals surface area contributed by atoms with Crippen molar-refractivity contribution in [3.63, 3.8) is 0 Å². The van der Waals surface area contributed by atoms with Gasteiger partial charge in [-0.15, -0.1) is 10.2 Å². The Morgan fingerprint density at radius 3 is 2.77 bits per heavy atom. The lowest BCUT2D eigenvalue weighted by molar-refractivity contribution is 0.288. The highest BCUT2D eigenvalue weighted by Gasteiger charge is 2.15. The number of phenolic OH excluding ortho intramolecular Hbond substituents is 1. The lowest BCUT2D eigenvalue weighted by Gasteiger charge is -2.08. The van der Waals surface area contributed by atoms with Gasteiger partial charge in [0.25, 0.3) is 5.89 Å². The third-order valence-electron chi connectivity index (χ3n) is 4.18. The normalized spacial score (nSPS) is 11.0. The molecule has 1 N–H and O–H groups in total. The van der Waals surface area contributed by atoms with Gasteiger partial charge in [-0.05, 0) is 49.4 Å². The quantitative estimate of drug-likeness (QED) is 0.395. The van der Waals surface area contributed by atoms with E-state index in [2.05, 4.69) is 20.3 Å². The molecule has 0 saturated carbocycles. The zero-order valence-electron chi connectivity index (χ0n) is 16.0. The number of aromatic nitrogens is 5.